The second-order valence-electron chi connectivity index (χ2n) is 1.69. The molecule has 0 aliphatic rings. The zero-order chi connectivity index (χ0) is 6.85. The Morgan fingerprint density at radius 2 is 2.33 bits per heavy atom. The van der Waals surface area contributed by atoms with E-state index < -0.39 is 0 Å². The van der Waals surface area contributed by atoms with Crippen LogP contribution in [0.25, 0.3) is 0 Å². The van der Waals surface area contributed by atoms with E-state index in [0.717, 1.165) is 9.39 Å². The SMILES string of the molecule is Cc1cnc(I)c(N)n1. The molecular weight excluding hydrogens is 229 g/mol. The standard InChI is InChI=1S/C5H6IN3/c1-3-2-8-4(6)5(7)9-3/h2H,1H3,(H2,7,9). The van der Waals surface area contributed by atoms with Gasteiger partial charge in [-0.05, 0) is 29.5 Å². The maximum atomic E-state index is 5.44. The molecule has 0 aliphatic heterocycles. The highest BCUT2D eigenvalue weighted by atomic mass is 127. The predicted molar refractivity (Wildman–Crippen MR) is 43.9 cm³/mol. The monoisotopic (exact) mass is 235 g/mol. The normalized spacial score (nSPS) is 9.56. The van der Waals surface area contributed by atoms with Gasteiger partial charge in [0.15, 0.2) is 5.82 Å². The summed E-state index contributed by atoms with van der Waals surface area (Å²) in [5.41, 5.74) is 6.29. The van der Waals surface area contributed by atoms with Gasteiger partial charge >= 0.3 is 0 Å². The minimum atomic E-state index is 0.510. The molecule has 0 atom stereocenters. The fourth-order valence-electron chi connectivity index (χ4n) is 0.481. The molecular formula is C5H6IN3. The van der Waals surface area contributed by atoms with E-state index in [4.69, 9.17) is 5.73 Å². The van der Waals surface area contributed by atoms with Crippen LogP contribution in [-0.2, 0) is 0 Å². The summed E-state index contributed by atoms with van der Waals surface area (Å²) in [5.74, 6) is 0.510. The molecule has 0 amide bonds. The van der Waals surface area contributed by atoms with Crippen LogP contribution in [0.5, 0.6) is 0 Å². The summed E-state index contributed by atoms with van der Waals surface area (Å²) in [4.78, 5) is 7.96. The van der Waals surface area contributed by atoms with Gasteiger partial charge in [-0.25, -0.2) is 9.97 Å². The summed E-state index contributed by atoms with van der Waals surface area (Å²) in [6.45, 7) is 1.86. The summed E-state index contributed by atoms with van der Waals surface area (Å²) in [6, 6.07) is 0. The van der Waals surface area contributed by atoms with Gasteiger partial charge in [-0.1, -0.05) is 0 Å². The minimum Gasteiger partial charge on any atom is -0.382 e. The van der Waals surface area contributed by atoms with E-state index in [9.17, 15) is 0 Å². The van der Waals surface area contributed by atoms with Crippen molar-refractivity contribution in [1.82, 2.24) is 9.97 Å². The van der Waals surface area contributed by atoms with Crippen molar-refractivity contribution < 1.29 is 0 Å². The zero-order valence-corrected chi connectivity index (χ0v) is 7.08. The maximum absolute atomic E-state index is 5.44. The number of nitrogen functional groups attached to an aromatic ring is 1. The molecule has 1 heterocycles. The van der Waals surface area contributed by atoms with E-state index in [0.29, 0.717) is 5.82 Å². The third-order valence-corrected chi connectivity index (χ3v) is 1.70. The molecule has 2 N–H and O–H groups in total. The molecule has 0 bridgehead atoms. The van der Waals surface area contributed by atoms with Crippen molar-refractivity contribution in [2.75, 3.05) is 5.73 Å². The first-order chi connectivity index (χ1) is 4.20. The quantitative estimate of drug-likeness (QED) is 0.681. The van der Waals surface area contributed by atoms with Crippen molar-refractivity contribution in [1.29, 1.82) is 0 Å². The Labute approximate surface area is 66.8 Å². The van der Waals surface area contributed by atoms with Crippen LogP contribution in [0.3, 0.4) is 0 Å². The van der Waals surface area contributed by atoms with Crippen molar-refractivity contribution >= 4 is 28.4 Å². The first-order valence-corrected chi connectivity index (χ1v) is 3.52. The van der Waals surface area contributed by atoms with Crippen molar-refractivity contribution in [3.8, 4) is 0 Å². The molecule has 1 aromatic heterocycles. The Hall–Kier alpha value is -0.390. The smallest absolute Gasteiger partial charge is 0.155 e. The second-order valence-corrected chi connectivity index (χ2v) is 2.71. The molecule has 4 heteroatoms. The molecule has 3 nitrogen and oxygen atoms in total. The first kappa shape index (κ1) is 6.73. The van der Waals surface area contributed by atoms with E-state index in [-0.39, 0.29) is 0 Å². The molecule has 0 fully saturated rings. The Kier molecular flexibility index (Phi) is 1.84. The molecule has 1 rings (SSSR count). The lowest BCUT2D eigenvalue weighted by Gasteiger charge is -1.94. The van der Waals surface area contributed by atoms with Gasteiger partial charge in [-0.15, -0.1) is 0 Å². The number of aromatic nitrogens is 2. The number of anilines is 1. The maximum Gasteiger partial charge on any atom is 0.155 e. The Morgan fingerprint density at radius 1 is 1.67 bits per heavy atom. The van der Waals surface area contributed by atoms with Crippen LogP contribution in [-0.4, -0.2) is 9.97 Å². The fourth-order valence-corrected chi connectivity index (χ4v) is 0.741. The highest BCUT2D eigenvalue weighted by molar-refractivity contribution is 14.1. The lowest BCUT2D eigenvalue weighted by Crippen LogP contribution is -1.97. The Balaban J connectivity index is 3.17. The number of halogens is 1. The Bertz CT molecular complexity index is 223. The van der Waals surface area contributed by atoms with Crippen LogP contribution in [0.2, 0.25) is 0 Å². The van der Waals surface area contributed by atoms with Crippen molar-refractivity contribution in [2.24, 2.45) is 0 Å². The summed E-state index contributed by atoms with van der Waals surface area (Å²) in [6.07, 6.45) is 1.69. The topological polar surface area (TPSA) is 51.8 Å². The molecule has 1 aromatic rings. The molecule has 0 radical (unpaired) electrons. The summed E-state index contributed by atoms with van der Waals surface area (Å²) in [5, 5.41) is 0. The number of rotatable bonds is 0. The van der Waals surface area contributed by atoms with Gasteiger partial charge in [0.2, 0.25) is 0 Å². The second kappa shape index (κ2) is 2.47. The van der Waals surface area contributed by atoms with Gasteiger partial charge in [-0.3, -0.25) is 0 Å². The van der Waals surface area contributed by atoms with Crippen LogP contribution in [0, 0.1) is 10.6 Å². The van der Waals surface area contributed by atoms with E-state index >= 15 is 0 Å². The largest absolute Gasteiger partial charge is 0.382 e. The molecule has 0 saturated heterocycles. The predicted octanol–water partition coefficient (Wildman–Crippen LogP) is 0.972. The molecule has 0 aromatic carbocycles. The van der Waals surface area contributed by atoms with Gasteiger partial charge in [0.1, 0.15) is 3.70 Å². The van der Waals surface area contributed by atoms with E-state index in [1.54, 1.807) is 6.20 Å². The molecule has 0 unspecified atom stereocenters. The lowest BCUT2D eigenvalue weighted by molar-refractivity contribution is 1.10. The van der Waals surface area contributed by atoms with Gasteiger partial charge in [0.25, 0.3) is 0 Å². The summed E-state index contributed by atoms with van der Waals surface area (Å²) in [7, 11) is 0. The van der Waals surface area contributed by atoms with Gasteiger partial charge in [-0.2, -0.15) is 0 Å². The van der Waals surface area contributed by atoms with Crippen LogP contribution in [0.4, 0.5) is 5.82 Å². The Morgan fingerprint density at radius 3 is 2.78 bits per heavy atom. The van der Waals surface area contributed by atoms with Gasteiger partial charge < -0.3 is 5.73 Å². The molecule has 0 aliphatic carbocycles. The first-order valence-electron chi connectivity index (χ1n) is 2.45. The fraction of sp³-hybridized carbons (Fsp3) is 0.200. The third-order valence-electron chi connectivity index (χ3n) is 0.873. The number of nitrogens with two attached hydrogens (primary N) is 1. The number of nitrogens with zero attached hydrogens (tertiary/aromatic N) is 2. The van der Waals surface area contributed by atoms with Crippen LogP contribution in [0.1, 0.15) is 5.69 Å². The van der Waals surface area contributed by atoms with Crippen molar-refractivity contribution in [2.45, 2.75) is 6.92 Å². The highest BCUT2D eigenvalue weighted by Crippen LogP contribution is 2.06. The summed E-state index contributed by atoms with van der Waals surface area (Å²) >= 11 is 2.04. The van der Waals surface area contributed by atoms with Crippen molar-refractivity contribution in [3.05, 3.63) is 15.6 Å². The third kappa shape index (κ3) is 1.51. The number of aryl methyl sites for hydroxylation is 1. The average molecular weight is 235 g/mol. The highest BCUT2D eigenvalue weighted by Gasteiger charge is 1.94. The van der Waals surface area contributed by atoms with Crippen LogP contribution in [0.15, 0.2) is 6.20 Å². The van der Waals surface area contributed by atoms with E-state index in [1.807, 2.05) is 29.5 Å². The average Bonchev–Trinajstić information content (AvgIpc) is 1.80. The zero-order valence-electron chi connectivity index (χ0n) is 4.93. The number of hydrogen-bond acceptors (Lipinski definition) is 3. The summed E-state index contributed by atoms with van der Waals surface area (Å²) < 4.78 is 0.762. The molecule has 48 valence electrons. The van der Waals surface area contributed by atoms with Gasteiger partial charge in [0.05, 0.1) is 5.69 Å². The van der Waals surface area contributed by atoms with Gasteiger partial charge in [0, 0.05) is 6.20 Å². The van der Waals surface area contributed by atoms with Crippen molar-refractivity contribution in [3.63, 3.8) is 0 Å². The van der Waals surface area contributed by atoms with Crippen LogP contribution < -0.4 is 5.73 Å². The van der Waals surface area contributed by atoms with Crippen LogP contribution >= 0.6 is 22.6 Å². The molecule has 0 saturated carbocycles. The van der Waals surface area contributed by atoms with E-state index in [2.05, 4.69) is 9.97 Å². The molecule has 9 heavy (non-hydrogen) atoms. The minimum absolute atomic E-state index is 0.510. The van der Waals surface area contributed by atoms with E-state index in [1.165, 1.54) is 0 Å². The number of hydrogen-bond donors (Lipinski definition) is 1. The molecule has 0 spiro atoms. The lowest BCUT2D eigenvalue weighted by atomic mass is 10.5.